The molecule has 2 unspecified atom stereocenters. The monoisotopic (exact) mass is 210 g/mol. The lowest BCUT2D eigenvalue weighted by molar-refractivity contribution is -0.0333. The van der Waals surface area contributed by atoms with Gasteiger partial charge in [-0.25, -0.2) is 0 Å². The highest BCUT2D eigenvalue weighted by atomic mass is 14.5. The Hall–Kier alpha value is 0. The van der Waals surface area contributed by atoms with Crippen molar-refractivity contribution < 1.29 is 0 Å². The Morgan fingerprint density at radius 2 is 1.67 bits per heavy atom. The minimum Gasteiger partial charge on any atom is -0.0651 e. The first-order chi connectivity index (χ1) is 6.96. The summed E-state index contributed by atoms with van der Waals surface area (Å²) in [5.41, 5.74) is 0.584. The van der Waals surface area contributed by atoms with Gasteiger partial charge in [0.2, 0.25) is 0 Å². The van der Waals surface area contributed by atoms with Gasteiger partial charge in [-0.1, -0.05) is 54.4 Å². The number of rotatable bonds is 5. The van der Waals surface area contributed by atoms with E-state index in [1.54, 1.807) is 0 Å². The Kier molecular flexibility index (Phi) is 4.26. The molecule has 15 heavy (non-hydrogen) atoms. The predicted molar refractivity (Wildman–Crippen MR) is 68.9 cm³/mol. The number of hydrogen-bond donors (Lipinski definition) is 0. The fourth-order valence-corrected chi connectivity index (χ4v) is 3.46. The van der Waals surface area contributed by atoms with Crippen LogP contribution in [0.2, 0.25) is 0 Å². The molecule has 1 aliphatic carbocycles. The molecule has 0 aromatic carbocycles. The topological polar surface area (TPSA) is 0 Å². The van der Waals surface area contributed by atoms with Gasteiger partial charge in [0, 0.05) is 0 Å². The molecule has 0 amide bonds. The van der Waals surface area contributed by atoms with Crippen LogP contribution >= 0.6 is 0 Å². The fourth-order valence-electron chi connectivity index (χ4n) is 3.46. The summed E-state index contributed by atoms with van der Waals surface area (Å²) >= 11 is 0. The third-order valence-corrected chi connectivity index (χ3v) is 5.61. The van der Waals surface area contributed by atoms with Crippen molar-refractivity contribution >= 4 is 0 Å². The lowest BCUT2D eigenvalue weighted by Crippen LogP contribution is -2.45. The SMILES string of the molecule is CCC1CC(C(C)(C(C)C)C(C)CC)C1. The predicted octanol–water partition coefficient (Wildman–Crippen LogP) is 5.13. The lowest BCUT2D eigenvalue weighted by Gasteiger charge is -2.53. The van der Waals surface area contributed by atoms with Crippen LogP contribution in [0, 0.1) is 29.1 Å². The van der Waals surface area contributed by atoms with E-state index >= 15 is 0 Å². The van der Waals surface area contributed by atoms with Gasteiger partial charge in [-0.2, -0.15) is 0 Å². The highest BCUT2D eigenvalue weighted by molar-refractivity contribution is 4.95. The van der Waals surface area contributed by atoms with Crippen LogP contribution in [0.25, 0.3) is 0 Å². The van der Waals surface area contributed by atoms with E-state index in [1.807, 2.05) is 0 Å². The largest absolute Gasteiger partial charge is 0.0651 e. The van der Waals surface area contributed by atoms with Crippen LogP contribution in [0.4, 0.5) is 0 Å². The molecule has 0 bridgehead atoms. The molecule has 0 nitrogen and oxygen atoms in total. The zero-order chi connectivity index (χ0) is 11.6. The van der Waals surface area contributed by atoms with Crippen LogP contribution in [0.1, 0.15) is 67.2 Å². The summed E-state index contributed by atoms with van der Waals surface area (Å²) in [5.74, 6) is 3.74. The molecule has 1 aliphatic rings. The molecule has 1 rings (SSSR count). The van der Waals surface area contributed by atoms with Gasteiger partial charge in [0.25, 0.3) is 0 Å². The second kappa shape index (κ2) is 4.89. The Labute approximate surface area is 96.8 Å². The molecule has 0 heteroatoms. The van der Waals surface area contributed by atoms with Crippen LogP contribution in [0.15, 0.2) is 0 Å². The lowest BCUT2D eigenvalue weighted by atomic mass is 9.52. The van der Waals surface area contributed by atoms with Crippen LogP contribution in [0.3, 0.4) is 0 Å². The standard InChI is InChI=1S/C15H30/c1-7-12(5)15(6,11(3)4)14-9-13(8-2)10-14/h11-14H,7-10H2,1-6H3. The summed E-state index contributed by atoms with van der Waals surface area (Å²) < 4.78 is 0. The minimum absolute atomic E-state index is 0.584. The molecule has 0 aliphatic heterocycles. The van der Waals surface area contributed by atoms with Crippen molar-refractivity contribution in [1.29, 1.82) is 0 Å². The third-order valence-electron chi connectivity index (χ3n) is 5.61. The molecular formula is C15H30. The molecule has 1 saturated carbocycles. The Bertz CT molecular complexity index is 188. The first-order valence-electron chi connectivity index (χ1n) is 6.96. The molecule has 0 radical (unpaired) electrons. The molecular weight excluding hydrogens is 180 g/mol. The summed E-state index contributed by atoms with van der Waals surface area (Å²) in [6, 6.07) is 0. The van der Waals surface area contributed by atoms with E-state index in [9.17, 15) is 0 Å². The van der Waals surface area contributed by atoms with Crippen molar-refractivity contribution in [2.24, 2.45) is 29.1 Å². The molecule has 0 aromatic heterocycles. The fraction of sp³-hybridized carbons (Fsp3) is 1.00. The minimum atomic E-state index is 0.584. The van der Waals surface area contributed by atoms with Crippen molar-refractivity contribution in [2.75, 3.05) is 0 Å². The maximum absolute atomic E-state index is 2.54. The molecule has 1 fully saturated rings. The van der Waals surface area contributed by atoms with Gasteiger partial charge in [0.15, 0.2) is 0 Å². The van der Waals surface area contributed by atoms with Crippen LogP contribution < -0.4 is 0 Å². The van der Waals surface area contributed by atoms with E-state index < -0.39 is 0 Å². The summed E-state index contributed by atoms with van der Waals surface area (Å²) in [6.45, 7) is 14.5. The first-order valence-corrected chi connectivity index (χ1v) is 6.96. The highest BCUT2D eigenvalue weighted by Crippen LogP contribution is 2.54. The summed E-state index contributed by atoms with van der Waals surface area (Å²) in [6.07, 6.45) is 5.72. The van der Waals surface area contributed by atoms with Crippen LogP contribution in [0.5, 0.6) is 0 Å². The maximum Gasteiger partial charge on any atom is -0.0249 e. The van der Waals surface area contributed by atoms with Gasteiger partial charge in [-0.05, 0) is 41.9 Å². The van der Waals surface area contributed by atoms with Gasteiger partial charge in [-0.3, -0.25) is 0 Å². The maximum atomic E-state index is 2.54. The van der Waals surface area contributed by atoms with E-state index in [4.69, 9.17) is 0 Å². The van der Waals surface area contributed by atoms with Gasteiger partial charge in [0.05, 0.1) is 0 Å². The molecule has 0 saturated heterocycles. The van der Waals surface area contributed by atoms with Crippen molar-refractivity contribution in [2.45, 2.75) is 67.2 Å². The van der Waals surface area contributed by atoms with Crippen molar-refractivity contribution in [3.8, 4) is 0 Å². The summed E-state index contributed by atoms with van der Waals surface area (Å²) in [5, 5.41) is 0. The van der Waals surface area contributed by atoms with E-state index in [0.717, 1.165) is 23.7 Å². The third kappa shape index (κ3) is 2.24. The Morgan fingerprint density at radius 3 is 2.00 bits per heavy atom. The van der Waals surface area contributed by atoms with Crippen LogP contribution in [-0.4, -0.2) is 0 Å². The van der Waals surface area contributed by atoms with E-state index in [0.29, 0.717) is 5.41 Å². The molecule has 90 valence electrons. The average molecular weight is 210 g/mol. The van der Waals surface area contributed by atoms with Gasteiger partial charge in [0.1, 0.15) is 0 Å². The second-order valence-corrected chi connectivity index (χ2v) is 6.27. The Balaban J connectivity index is 2.67. The van der Waals surface area contributed by atoms with Gasteiger partial charge < -0.3 is 0 Å². The van der Waals surface area contributed by atoms with Crippen LogP contribution in [-0.2, 0) is 0 Å². The molecule has 0 N–H and O–H groups in total. The van der Waals surface area contributed by atoms with E-state index in [1.165, 1.54) is 25.7 Å². The first kappa shape index (κ1) is 13.1. The second-order valence-electron chi connectivity index (χ2n) is 6.27. The van der Waals surface area contributed by atoms with Crippen molar-refractivity contribution in [1.82, 2.24) is 0 Å². The summed E-state index contributed by atoms with van der Waals surface area (Å²) in [4.78, 5) is 0. The van der Waals surface area contributed by atoms with Gasteiger partial charge >= 0.3 is 0 Å². The zero-order valence-electron chi connectivity index (χ0n) is 11.6. The van der Waals surface area contributed by atoms with Crippen molar-refractivity contribution in [3.05, 3.63) is 0 Å². The quantitative estimate of drug-likeness (QED) is 0.590. The molecule has 0 heterocycles. The molecule has 0 spiro atoms. The molecule has 2 atom stereocenters. The Morgan fingerprint density at radius 1 is 1.13 bits per heavy atom. The molecule has 0 aromatic rings. The smallest absolute Gasteiger partial charge is 0.0249 e. The normalized spacial score (nSPS) is 32.2. The van der Waals surface area contributed by atoms with E-state index in [2.05, 4.69) is 41.5 Å². The number of hydrogen-bond acceptors (Lipinski definition) is 0. The van der Waals surface area contributed by atoms with Gasteiger partial charge in [-0.15, -0.1) is 0 Å². The summed E-state index contributed by atoms with van der Waals surface area (Å²) in [7, 11) is 0. The zero-order valence-corrected chi connectivity index (χ0v) is 11.6. The average Bonchev–Trinajstić information content (AvgIpc) is 2.14. The van der Waals surface area contributed by atoms with Crippen molar-refractivity contribution in [3.63, 3.8) is 0 Å². The highest BCUT2D eigenvalue weighted by Gasteiger charge is 2.46. The van der Waals surface area contributed by atoms with E-state index in [-0.39, 0.29) is 0 Å².